The lowest BCUT2D eigenvalue weighted by molar-refractivity contribution is -0.166. The fourth-order valence-corrected chi connectivity index (χ4v) is 5.38. The highest BCUT2D eigenvalue weighted by atomic mass is 127. The van der Waals surface area contributed by atoms with Crippen molar-refractivity contribution in [1.82, 2.24) is 29.1 Å². The second-order valence-corrected chi connectivity index (χ2v) is 9.94. The molecule has 4 aromatic rings. The molecular weight excluding hydrogens is 643 g/mol. The van der Waals surface area contributed by atoms with E-state index in [1.54, 1.807) is 15.0 Å². The SMILES string of the molecule is CC(=O)OC[C@H]1O[C@@H](n2cnc3c2nc(I)n2c(-c4ccc5c(c4)OCO5)nnc32)[C@H](OC(C)=O)[C@@H]1OC(C)=O. The molecule has 5 heterocycles. The van der Waals surface area contributed by atoms with Crippen LogP contribution in [0.3, 0.4) is 0 Å². The van der Waals surface area contributed by atoms with E-state index in [1.807, 2.05) is 12.1 Å². The molecule has 6 rings (SSSR count). The molecule has 15 nitrogen and oxygen atoms in total. The van der Waals surface area contributed by atoms with Gasteiger partial charge in [-0.25, -0.2) is 9.97 Å². The summed E-state index contributed by atoms with van der Waals surface area (Å²) in [5.41, 5.74) is 1.92. The van der Waals surface area contributed by atoms with Crippen LogP contribution in [-0.2, 0) is 33.3 Å². The van der Waals surface area contributed by atoms with Gasteiger partial charge in [-0.2, -0.15) is 0 Å². The lowest BCUT2D eigenvalue weighted by Gasteiger charge is -2.23. The Bertz CT molecular complexity index is 1670. The number of aromatic nitrogens is 6. The summed E-state index contributed by atoms with van der Waals surface area (Å²) >= 11 is 2.06. The summed E-state index contributed by atoms with van der Waals surface area (Å²) < 4.78 is 37.0. The topological polar surface area (TPSA) is 167 Å². The predicted octanol–water partition coefficient (Wildman–Crippen LogP) is 1.80. The molecule has 0 aliphatic carbocycles. The van der Waals surface area contributed by atoms with Crippen molar-refractivity contribution in [3.8, 4) is 22.9 Å². The summed E-state index contributed by atoms with van der Waals surface area (Å²) in [6, 6.07) is 5.45. The van der Waals surface area contributed by atoms with Crippen molar-refractivity contribution in [3.63, 3.8) is 0 Å². The van der Waals surface area contributed by atoms with E-state index >= 15 is 0 Å². The molecule has 1 aromatic carbocycles. The highest BCUT2D eigenvalue weighted by Gasteiger charge is 2.51. The Morgan fingerprint density at radius 3 is 2.50 bits per heavy atom. The van der Waals surface area contributed by atoms with Gasteiger partial charge in [0.2, 0.25) is 6.79 Å². The molecule has 0 unspecified atom stereocenters. The molecule has 0 amide bonds. The molecule has 40 heavy (non-hydrogen) atoms. The molecule has 16 heteroatoms. The van der Waals surface area contributed by atoms with Crippen LogP contribution < -0.4 is 9.47 Å². The number of carbonyl (C=O) groups excluding carboxylic acids is 3. The highest BCUT2D eigenvalue weighted by molar-refractivity contribution is 14.1. The molecular formula is C24H21IN6O9. The number of imidazole rings is 1. The number of rotatable bonds is 6. The van der Waals surface area contributed by atoms with Gasteiger partial charge in [0.1, 0.15) is 12.7 Å². The predicted molar refractivity (Wildman–Crippen MR) is 140 cm³/mol. The zero-order valence-electron chi connectivity index (χ0n) is 21.3. The first kappa shape index (κ1) is 26.2. The van der Waals surface area contributed by atoms with Gasteiger partial charge in [0.05, 0.1) is 6.33 Å². The number of nitrogens with zero attached hydrogens (tertiary/aromatic N) is 6. The van der Waals surface area contributed by atoms with E-state index in [-0.39, 0.29) is 13.4 Å². The number of hydrogen-bond donors (Lipinski definition) is 0. The molecule has 2 aliphatic heterocycles. The molecule has 0 spiro atoms. The van der Waals surface area contributed by atoms with Crippen molar-refractivity contribution in [2.45, 2.75) is 45.3 Å². The number of benzene rings is 1. The first-order chi connectivity index (χ1) is 19.2. The maximum atomic E-state index is 12.0. The number of fused-ring (bicyclic) bond motifs is 4. The summed E-state index contributed by atoms with van der Waals surface area (Å²) in [5.74, 6) is -0.0254. The standard InChI is InChI=1S/C24H21IN6O9/c1-10(32)35-7-16-18(38-11(2)33)19(39-12(3)34)23(40-16)30-8-26-17-21(30)27-24(25)31-20(28-29-22(17)31)13-4-5-14-15(6-13)37-9-36-14/h4-6,8,16,18-19,23H,7,9H2,1-3H3/t16-,18-,19-,23-/m1/s1. The third-order valence-electron chi connectivity index (χ3n) is 6.27. The Balaban J connectivity index is 1.43. The average molecular weight is 664 g/mol. The maximum absolute atomic E-state index is 12.0. The van der Waals surface area contributed by atoms with Crippen molar-refractivity contribution in [2.75, 3.05) is 13.4 Å². The summed E-state index contributed by atoms with van der Waals surface area (Å²) in [6.45, 7) is 3.61. The molecule has 0 radical (unpaired) electrons. The molecule has 0 bridgehead atoms. The van der Waals surface area contributed by atoms with E-state index in [4.69, 9.17) is 33.4 Å². The molecule has 2 aliphatic rings. The van der Waals surface area contributed by atoms with Gasteiger partial charge in [-0.15, -0.1) is 10.2 Å². The number of hydrogen-bond acceptors (Lipinski definition) is 13. The average Bonchev–Trinajstić information content (AvgIpc) is 3.67. The third kappa shape index (κ3) is 4.55. The van der Waals surface area contributed by atoms with Gasteiger partial charge >= 0.3 is 17.9 Å². The number of ether oxygens (including phenoxy) is 6. The second kappa shape index (κ2) is 10.2. The minimum atomic E-state index is -1.09. The van der Waals surface area contributed by atoms with Gasteiger partial charge in [-0.05, 0) is 18.2 Å². The fraction of sp³-hybridized carbons (Fsp3) is 0.375. The Morgan fingerprint density at radius 1 is 1.00 bits per heavy atom. The largest absolute Gasteiger partial charge is 0.463 e. The van der Waals surface area contributed by atoms with Crippen molar-refractivity contribution in [1.29, 1.82) is 0 Å². The number of carbonyl (C=O) groups is 3. The minimum absolute atomic E-state index is 0.147. The monoisotopic (exact) mass is 664 g/mol. The third-order valence-corrected chi connectivity index (χ3v) is 6.99. The minimum Gasteiger partial charge on any atom is -0.463 e. The summed E-state index contributed by atoms with van der Waals surface area (Å²) in [7, 11) is 0. The van der Waals surface area contributed by atoms with Crippen molar-refractivity contribution >= 4 is 57.3 Å². The summed E-state index contributed by atoms with van der Waals surface area (Å²) in [6.07, 6.45) is -2.62. The number of halogens is 1. The van der Waals surface area contributed by atoms with Crippen molar-refractivity contribution in [2.24, 2.45) is 0 Å². The van der Waals surface area contributed by atoms with E-state index < -0.39 is 42.4 Å². The Kier molecular flexibility index (Phi) is 6.65. The van der Waals surface area contributed by atoms with Crippen LogP contribution in [0.4, 0.5) is 0 Å². The maximum Gasteiger partial charge on any atom is 0.303 e. The lowest BCUT2D eigenvalue weighted by atomic mass is 10.1. The van der Waals surface area contributed by atoms with Crippen LogP contribution in [0.5, 0.6) is 11.5 Å². The van der Waals surface area contributed by atoms with Crippen LogP contribution in [0, 0.1) is 3.83 Å². The summed E-state index contributed by atoms with van der Waals surface area (Å²) in [4.78, 5) is 44.7. The summed E-state index contributed by atoms with van der Waals surface area (Å²) in [5, 5.41) is 8.75. The van der Waals surface area contributed by atoms with Gasteiger partial charge in [0.15, 0.2) is 56.4 Å². The highest BCUT2D eigenvalue weighted by Crippen LogP contribution is 2.38. The first-order valence-corrected chi connectivity index (χ1v) is 13.1. The smallest absolute Gasteiger partial charge is 0.303 e. The molecule has 4 atom stereocenters. The molecule has 0 N–H and O–H groups in total. The van der Waals surface area contributed by atoms with Crippen LogP contribution in [0.25, 0.3) is 28.2 Å². The van der Waals surface area contributed by atoms with Crippen molar-refractivity contribution in [3.05, 3.63) is 28.4 Å². The first-order valence-electron chi connectivity index (χ1n) is 12.0. The molecule has 1 saturated heterocycles. The normalized spacial score (nSPS) is 21.6. The van der Waals surface area contributed by atoms with E-state index in [0.717, 1.165) is 5.56 Å². The van der Waals surface area contributed by atoms with Gasteiger partial charge in [-0.1, -0.05) is 0 Å². The Morgan fingerprint density at radius 2 is 1.75 bits per heavy atom. The zero-order chi connectivity index (χ0) is 28.1. The number of esters is 3. The van der Waals surface area contributed by atoms with Crippen LogP contribution in [0.2, 0.25) is 0 Å². The van der Waals surface area contributed by atoms with Gasteiger partial charge in [0, 0.05) is 48.9 Å². The van der Waals surface area contributed by atoms with Crippen LogP contribution in [0.1, 0.15) is 27.0 Å². The molecule has 0 saturated carbocycles. The molecule has 1 fully saturated rings. The van der Waals surface area contributed by atoms with Crippen molar-refractivity contribution < 1.29 is 42.8 Å². The van der Waals surface area contributed by atoms with E-state index in [1.165, 1.54) is 27.1 Å². The molecule has 208 valence electrons. The van der Waals surface area contributed by atoms with Crippen LogP contribution in [0.15, 0.2) is 24.5 Å². The van der Waals surface area contributed by atoms with E-state index in [0.29, 0.717) is 38.0 Å². The zero-order valence-corrected chi connectivity index (χ0v) is 23.4. The molecule has 3 aromatic heterocycles. The van der Waals surface area contributed by atoms with E-state index in [2.05, 4.69) is 37.8 Å². The quantitative estimate of drug-likeness (QED) is 0.127. The second-order valence-electron chi connectivity index (χ2n) is 8.97. The Hall–Kier alpha value is -4.06. The van der Waals surface area contributed by atoms with Gasteiger partial charge < -0.3 is 28.4 Å². The Labute approximate surface area is 238 Å². The van der Waals surface area contributed by atoms with E-state index in [9.17, 15) is 14.4 Å². The van der Waals surface area contributed by atoms with Gasteiger partial charge in [0.25, 0.3) is 0 Å². The lowest BCUT2D eigenvalue weighted by Crippen LogP contribution is -2.40. The van der Waals surface area contributed by atoms with Gasteiger partial charge in [-0.3, -0.25) is 23.4 Å². The van der Waals surface area contributed by atoms with Crippen LogP contribution in [-0.4, -0.2) is 78.8 Å². The van der Waals surface area contributed by atoms with Crippen LogP contribution >= 0.6 is 22.6 Å². The fourth-order valence-electron chi connectivity index (χ4n) is 4.70.